The average molecular weight is 294 g/mol. The monoisotopic (exact) mass is 294 g/mol. The average Bonchev–Trinajstić information content (AvgIpc) is 3.33. The summed E-state index contributed by atoms with van der Waals surface area (Å²) in [5.41, 5.74) is 1.70. The topological polar surface area (TPSA) is 43.4 Å². The molecule has 0 radical (unpaired) electrons. The van der Waals surface area contributed by atoms with Gasteiger partial charge in [-0.25, -0.2) is 0 Å². The summed E-state index contributed by atoms with van der Waals surface area (Å²) in [7, 11) is 0. The van der Waals surface area contributed by atoms with Crippen LogP contribution in [0.2, 0.25) is 0 Å². The molecular formula is C19H18O3. The van der Waals surface area contributed by atoms with Crippen LogP contribution in [-0.2, 0) is 16.1 Å². The number of ether oxygens (including phenoxy) is 1. The molecule has 0 unspecified atom stereocenters. The molecule has 3 nitrogen and oxygen atoms in total. The predicted molar refractivity (Wildman–Crippen MR) is 83.2 cm³/mol. The number of ketones is 1. The molecule has 1 fully saturated rings. The van der Waals surface area contributed by atoms with Gasteiger partial charge in [0.1, 0.15) is 6.61 Å². The van der Waals surface area contributed by atoms with E-state index in [1.807, 2.05) is 60.7 Å². The molecule has 0 saturated heterocycles. The lowest BCUT2D eigenvalue weighted by Crippen LogP contribution is -2.08. The second-order valence-corrected chi connectivity index (χ2v) is 5.68. The van der Waals surface area contributed by atoms with E-state index in [1.165, 1.54) is 0 Å². The summed E-state index contributed by atoms with van der Waals surface area (Å²) in [6, 6.07) is 18.9. The van der Waals surface area contributed by atoms with Gasteiger partial charge in [0, 0.05) is 17.9 Å². The highest BCUT2D eigenvalue weighted by Crippen LogP contribution is 2.43. The van der Waals surface area contributed by atoms with Crippen molar-refractivity contribution < 1.29 is 14.3 Å². The van der Waals surface area contributed by atoms with Crippen molar-refractivity contribution in [2.45, 2.75) is 19.4 Å². The number of benzene rings is 2. The molecular weight excluding hydrogens is 276 g/mol. The standard InChI is InChI=1S/C19H18O3/c20-18(22-13-14-7-3-1-4-8-14)12-16-11-17(16)19(21)15-9-5-2-6-10-15/h1-10,16-17H,11-13H2/t16-,17+/m0/s1. The molecule has 22 heavy (non-hydrogen) atoms. The first-order chi connectivity index (χ1) is 10.7. The molecule has 1 aliphatic carbocycles. The lowest BCUT2D eigenvalue weighted by Gasteiger charge is -2.04. The summed E-state index contributed by atoms with van der Waals surface area (Å²) in [6.07, 6.45) is 1.12. The summed E-state index contributed by atoms with van der Waals surface area (Å²) < 4.78 is 5.26. The third-order valence-electron chi connectivity index (χ3n) is 3.99. The van der Waals surface area contributed by atoms with E-state index in [0.29, 0.717) is 13.0 Å². The quantitative estimate of drug-likeness (QED) is 0.603. The van der Waals surface area contributed by atoms with Gasteiger partial charge in [-0.15, -0.1) is 0 Å². The van der Waals surface area contributed by atoms with Gasteiger partial charge in [-0.2, -0.15) is 0 Å². The zero-order valence-electron chi connectivity index (χ0n) is 12.3. The summed E-state index contributed by atoms with van der Waals surface area (Å²) in [5.74, 6) is 0.0290. The van der Waals surface area contributed by atoms with Crippen LogP contribution in [0.5, 0.6) is 0 Å². The van der Waals surface area contributed by atoms with E-state index in [-0.39, 0.29) is 23.6 Å². The van der Waals surface area contributed by atoms with Gasteiger partial charge in [-0.1, -0.05) is 60.7 Å². The van der Waals surface area contributed by atoms with Crippen LogP contribution in [0.4, 0.5) is 0 Å². The van der Waals surface area contributed by atoms with Crippen LogP contribution in [0.3, 0.4) is 0 Å². The van der Waals surface area contributed by atoms with Crippen LogP contribution in [0.1, 0.15) is 28.8 Å². The Morgan fingerprint density at radius 2 is 1.59 bits per heavy atom. The van der Waals surface area contributed by atoms with E-state index in [4.69, 9.17) is 4.74 Å². The summed E-state index contributed by atoms with van der Waals surface area (Å²) >= 11 is 0. The van der Waals surface area contributed by atoms with Gasteiger partial charge in [-0.3, -0.25) is 9.59 Å². The van der Waals surface area contributed by atoms with Crippen molar-refractivity contribution in [3.63, 3.8) is 0 Å². The van der Waals surface area contributed by atoms with Crippen LogP contribution in [0, 0.1) is 11.8 Å². The van der Waals surface area contributed by atoms with Gasteiger partial charge in [-0.05, 0) is 17.9 Å². The lowest BCUT2D eigenvalue weighted by atomic mass is 10.1. The third kappa shape index (κ3) is 3.61. The van der Waals surface area contributed by atoms with Gasteiger partial charge in [0.25, 0.3) is 0 Å². The van der Waals surface area contributed by atoms with E-state index in [2.05, 4.69) is 0 Å². The van der Waals surface area contributed by atoms with Crippen LogP contribution in [-0.4, -0.2) is 11.8 Å². The Bertz CT molecular complexity index is 649. The number of Topliss-reactive ketones (excluding diaryl/α,β-unsaturated/α-hetero) is 1. The van der Waals surface area contributed by atoms with E-state index in [9.17, 15) is 9.59 Å². The summed E-state index contributed by atoms with van der Waals surface area (Å²) in [5, 5.41) is 0. The van der Waals surface area contributed by atoms with E-state index < -0.39 is 0 Å². The van der Waals surface area contributed by atoms with Gasteiger partial charge in [0.05, 0.1) is 0 Å². The fraction of sp³-hybridized carbons (Fsp3) is 0.263. The van der Waals surface area contributed by atoms with Crippen LogP contribution >= 0.6 is 0 Å². The number of esters is 1. The fourth-order valence-corrected chi connectivity index (χ4v) is 2.62. The maximum Gasteiger partial charge on any atom is 0.306 e. The summed E-state index contributed by atoms with van der Waals surface area (Å²) in [6.45, 7) is 0.295. The Balaban J connectivity index is 1.45. The number of carbonyl (C=O) groups is 2. The number of rotatable bonds is 6. The van der Waals surface area contributed by atoms with Gasteiger partial charge in [0.2, 0.25) is 0 Å². The fourth-order valence-electron chi connectivity index (χ4n) is 2.62. The van der Waals surface area contributed by atoms with E-state index in [1.54, 1.807) is 0 Å². The van der Waals surface area contributed by atoms with E-state index >= 15 is 0 Å². The predicted octanol–water partition coefficient (Wildman–Crippen LogP) is 3.64. The highest BCUT2D eigenvalue weighted by molar-refractivity contribution is 5.99. The van der Waals surface area contributed by atoms with Gasteiger partial charge >= 0.3 is 5.97 Å². The molecule has 2 aromatic carbocycles. The van der Waals surface area contributed by atoms with Crippen molar-refractivity contribution in [2.24, 2.45) is 11.8 Å². The molecule has 0 aliphatic heterocycles. The van der Waals surface area contributed by atoms with Crippen molar-refractivity contribution >= 4 is 11.8 Å². The molecule has 3 rings (SSSR count). The molecule has 1 saturated carbocycles. The molecule has 112 valence electrons. The first kappa shape index (κ1) is 14.5. The maximum absolute atomic E-state index is 12.2. The Morgan fingerprint density at radius 1 is 0.955 bits per heavy atom. The van der Waals surface area contributed by atoms with Gasteiger partial charge in [0.15, 0.2) is 5.78 Å². The number of hydrogen-bond acceptors (Lipinski definition) is 3. The number of carbonyl (C=O) groups excluding carboxylic acids is 2. The minimum atomic E-state index is -0.225. The van der Waals surface area contributed by atoms with Crippen LogP contribution in [0.15, 0.2) is 60.7 Å². The molecule has 2 atom stereocenters. The highest BCUT2D eigenvalue weighted by atomic mass is 16.5. The Kier molecular flexibility index (Phi) is 4.33. The molecule has 0 bridgehead atoms. The van der Waals surface area contributed by atoms with Gasteiger partial charge < -0.3 is 4.74 Å². The van der Waals surface area contributed by atoms with Crippen molar-refractivity contribution in [3.8, 4) is 0 Å². The Morgan fingerprint density at radius 3 is 2.27 bits per heavy atom. The first-order valence-electron chi connectivity index (χ1n) is 7.53. The molecule has 0 N–H and O–H groups in total. The van der Waals surface area contributed by atoms with Crippen molar-refractivity contribution in [1.82, 2.24) is 0 Å². The van der Waals surface area contributed by atoms with Crippen molar-refractivity contribution in [2.75, 3.05) is 0 Å². The molecule has 0 spiro atoms. The molecule has 0 heterocycles. The van der Waals surface area contributed by atoms with Crippen molar-refractivity contribution in [1.29, 1.82) is 0 Å². The molecule has 0 amide bonds. The normalized spacial score (nSPS) is 19.5. The third-order valence-corrected chi connectivity index (χ3v) is 3.99. The zero-order chi connectivity index (χ0) is 15.4. The molecule has 2 aromatic rings. The SMILES string of the molecule is O=C(C[C@@H]1C[C@H]1C(=O)c1ccccc1)OCc1ccccc1. The van der Waals surface area contributed by atoms with Crippen LogP contribution in [0.25, 0.3) is 0 Å². The Hall–Kier alpha value is -2.42. The minimum absolute atomic E-state index is 0.0216. The molecule has 1 aliphatic rings. The molecule has 3 heteroatoms. The van der Waals surface area contributed by atoms with Crippen LogP contribution < -0.4 is 0 Å². The largest absolute Gasteiger partial charge is 0.461 e. The second kappa shape index (κ2) is 6.56. The summed E-state index contributed by atoms with van der Waals surface area (Å²) in [4.78, 5) is 24.1. The number of hydrogen-bond donors (Lipinski definition) is 0. The van der Waals surface area contributed by atoms with E-state index in [0.717, 1.165) is 17.5 Å². The zero-order valence-corrected chi connectivity index (χ0v) is 12.3. The first-order valence-corrected chi connectivity index (χ1v) is 7.53. The lowest BCUT2D eigenvalue weighted by molar-refractivity contribution is -0.145. The maximum atomic E-state index is 12.2. The minimum Gasteiger partial charge on any atom is -0.461 e. The molecule has 0 aromatic heterocycles. The second-order valence-electron chi connectivity index (χ2n) is 5.68. The van der Waals surface area contributed by atoms with Crippen molar-refractivity contribution in [3.05, 3.63) is 71.8 Å². The smallest absolute Gasteiger partial charge is 0.306 e. The highest BCUT2D eigenvalue weighted by Gasteiger charge is 2.44. The Labute approximate surface area is 129 Å².